The molecule has 0 spiro atoms. The Bertz CT molecular complexity index is 657. The highest BCUT2D eigenvalue weighted by molar-refractivity contribution is 6.41. The molecule has 2 aromatic rings. The van der Waals surface area contributed by atoms with Crippen molar-refractivity contribution in [3.63, 3.8) is 0 Å². The van der Waals surface area contributed by atoms with E-state index in [2.05, 4.69) is 13.8 Å². The number of aryl methyl sites for hydroxylation is 1. The summed E-state index contributed by atoms with van der Waals surface area (Å²) in [6.07, 6.45) is 0. The van der Waals surface area contributed by atoms with E-state index >= 15 is 0 Å². The number of esters is 1. The van der Waals surface area contributed by atoms with E-state index in [1.807, 2.05) is 25.1 Å². The summed E-state index contributed by atoms with van der Waals surface area (Å²) in [5.41, 5.74) is 2.23. The molecule has 0 amide bonds. The van der Waals surface area contributed by atoms with E-state index in [9.17, 15) is 9.59 Å². The monoisotopic (exact) mass is 282 g/mol. The highest BCUT2D eigenvalue weighted by atomic mass is 16.5. The van der Waals surface area contributed by atoms with E-state index in [0.717, 1.165) is 11.1 Å². The van der Waals surface area contributed by atoms with Gasteiger partial charge in [0.15, 0.2) is 0 Å². The van der Waals surface area contributed by atoms with E-state index in [1.54, 1.807) is 30.3 Å². The van der Waals surface area contributed by atoms with Gasteiger partial charge >= 0.3 is 5.97 Å². The van der Waals surface area contributed by atoms with Crippen LogP contribution in [0.3, 0.4) is 0 Å². The molecule has 0 bridgehead atoms. The number of rotatable bonds is 4. The van der Waals surface area contributed by atoms with E-state index < -0.39 is 11.8 Å². The van der Waals surface area contributed by atoms with Gasteiger partial charge in [-0.25, -0.2) is 4.79 Å². The second kappa shape index (κ2) is 6.35. The van der Waals surface area contributed by atoms with Crippen LogP contribution in [0, 0.1) is 6.92 Å². The molecule has 21 heavy (non-hydrogen) atoms. The molecule has 0 N–H and O–H groups in total. The molecule has 0 radical (unpaired) electrons. The fourth-order valence-electron chi connectivity index (χ4n) is 1.94. The third-order valence-corrected chi connectivity index (χ3v) is 3.30. The number of hydrogen-bond acceptors (Lipinski definition) is 3. The van der Waals surface area contributed by atoms with Crippen LogP contribution in [0.15, 0.2) is 48.5 Å². The van der Waals surface area contributed by atoms with E-state index in [1.165, 1.54) is 0 Å². The molecule has 108 valence electrons. The predicted molar refractivity (Wildman–Crippen MR) is 81.7 cm³/mol. The van der Waals surface area contributed by atoms with Gasteiger partial charge in [-0.05, 0) is 30.0 Å². The SMILES string of the molecule is Cc1ccc(C(C)C)cc1OC(=O)C(=O)c1ccccc1. The lowest BCUT2D eigenvalue weighted by molar-refractivity contribution is -0.129. The average molecular weight is 282 g/mol. The summed E-state index contributed by atoms with van der Waals surface area (Å²) in [7, 11) is 0. The number of Topliss-reactive ketones (excluding diaryl/α,β-unsaturated/α-hetero) is 1. The van der Waals surface area contributed by atoms with Gasteiger partial charge in [-0.1, -0.05) is 56.3 Å². The molecular formula is C18H18O3. The minimum Gasteiger partial charge on any atom is -0.420 e. The maximum absolute atomic E-state index is 12.0. The number of carbonyl (C=O) groups excluding carboxylic acids is 2. The van der Waals surface area contributed by atoms with Crippen molar-refractivity contribution in [3.8, 4) is 5.75 Å². The third kappa shape index (κ3) is 3.57. The van der Waals surface area contributed by atoms with Gasteiger partial charge in [0.25, 0.3) is 5.78 Å². The molecule has 0 heterocycles. The Labute approximate surface area is 124 Å². The molecule has 0 aromatic heterocycles. The number of benzene rings is 2. The lowest BCUT2D eigenvalue weighted by atomic mass is 10.0. The van der Waals surface area contributed by atoms with Gasteiger partial charge in [-0.15, -0.1) is 0 Å². The van der Waals surface area contributed by atoms with Crippen molar-refractivity contribution in [1.82, 2.24) is 0 Å². The highest BCUT2D eigenvalue weighted by Gasteiger charge is 2.19. The maximum Gasteiger partial charge on any atom is 0.385 e. The molecule has 0 saturated heterocycles. The number of hydrogen-bond donors (Lipinski definition) is 0. The zero-order chi connectivity index (χ0) is 15.4. The van der Waals surface area contributed by atoms with Gasteiger partial charge in [0.05, 0.1) is 0 Å². The molecule has 0 atom stereocenters. The maximum atomic E-state index is 12.0. The molecule has 2 rings (SSSR count). The van der Waals surface area contributed by atoms with E-state index in [4.69, 9.17) is 4.74 Å². The fraction of sp³-hybridized carbons (Fsp3) is 0.222. The summed E-state index contributed by atoms with van der Waals surface area (Å²) < 4.78 is 5.26. The van der Waals surface area contributed by atoms with Crippen molar-refractivity contribution in [3.05, 3.63) is 65.2 Å². The van der Waals surface area contributed by atoms with Crippen LogP contribution in [-0.4, -0.2) is 11.8 Å². The lowest BCUT2D eigenvalue weighted by Gasteiger charge is -2.11. The molecule has 0 unspecified atom stereocenters. The standard InChI is InChI=1S/C18H18O3/c1-12(2)15-10-9-13(3)16(11-15)21-18(20)17(19)14-7-5-4-6-8-14/h4-12H,1-3H3. The van der Waals surface area contributed by atoms with Crippen LogP contribution in [0.1, 0.15) is 41.3 Å². The quantitative estimate of drug-likeness (QED) is 0.369. The Hall–Kier alpha value is -2.42. The average Bonchev–Trinajstić information content (AvgIpc) is 2.49. The van der Waals surface area contributed by atoms with Gasteiger partial charge in [0, 0.05) is 5.56 Å². The van der Waals surface area contributed by atoms with Gasteiger partial charge in [0.1, 0.15) is 5.75 Å². The Balaban J connectivity index is 2.20. The van der Waals surface area contributed by atoms with Gasteiger partial charge in [0.2, 0.25) is 0 Å². The molecule has 0 saturated carbocycles. The van der Waals surface area contributed by atoms with Gasteiger partial charge < -0.3 is 4.74 Å². The number of ether oxygens (including phenoxy) is 1. The Morgan fingerprint density at radius 1 is 1.00 bits per heavy atom. The van der Waals surface area contributed by atoms with Crippen molar-refractivity contribution >= 4 is 11.8 Å². The molecular weight excluding hydrogens is 264 g/mol. The first-order valence-corrected chi connectivity index (χ1v) is 6.91. The molecule has 0 fully saturated rings. The third-order valence-electron chi connectivity index (χ3n) is 3.30. The molecule has 2 aromatic carbocycles. The van der Waals surface area contributed by atoms with Crippen LogP contribution in [0.4, 0.5) is 0 Å². The van der Waals surface area contributed by atoms with Crippen molar-refractivity contribution in [2.45, 2.75) is 26.7 Å². The molecule has 0 aliphatic carbocycles. The molecule has 0 aliphatic rings. The van der Waals surface area contributed by atoms with E-state index in [0.29, 0.717) is 17.2 Å². The zero-order valence-corrected chi connectivity index (χ0v) is 12.4. The minimum atomic E-state index is -0.856. The topological polar surface area (TPSA) is 43.4 Å². The second-order valence-corrected chi connectivity index (χ2v) is 5.26. The lowest BCUT2D eigenvalue weighted by Crippen LogP contribution is -2.20. The normalized spacial score (nSPS) is 10.5. The van der Waals surface area contributed by atoms with Crippen molar-refractivity contribution in [2.24, 2.45) is 0 Å². The van der Waals surface area contributed by atoms with Crippen molar-refractivity contribution < 1.29 is 14.3 Å². The zero-order valence-electron chi connectivity index (χ0n) is 12.4. The summed E-state index contributed by atoms with van der Waals surface area (Å²) in [5, 5.41) is 0. The fourth-order valence-corrected chi connectivity index (χ4v) is 1.94. The first kappa shape index (κ1) is 15.0. The summed E-state index contributed by atoms with van der Waals surface area (Å²) >= 11 is 0. The summed E-state index contributed by atoms with van der Waals surface area (Å²) in [6, 6.07) is 14.1. The summed E-state index contributed by atoms with van der Waals surface area (Å²) in [4.78, 5) is 24.0. The van der Waals surface area contributed by atoms with Crippen molar-refractivity contribution in [1.29, 1.82) is 0 Å². The van der Waals surface area contributed by atoms with Gasteiger partial charge in [-0.2, -0.15) is 0 Å². The van der Waals surface area contributed by atoms with Crippen LogP contribution in [0.2, 0.25) is 0 Å². The minimum absolute atomic E-state index is 0.327. The molecule has 3 heteroatoms. The smallest absolute Gasteiger partial charge is 0.385 e. The largest absolute Gasteiger partial charge is 0.420 e. The predicted octanol–water partition coefficient (Wildman–Crippen LogP) is 3.91. The first-order valence-electron chi connectivity index (χ1n) is 6.91. The second-order valence-electron chi connectivity index (χ2n) is 5.26. The number of carbonyl (C=O) groups is 2. The van der Waals surface area contributed by atoms with Crippen molar-refractivity contribution in [2.75, 3.05) is 0 Å². The Morgan fingerprint density at radius 2 is 1.67 bits per heavy atom. The Morgan fingerprint density at radius 3 is 2.29 bits per heavy atom. The summed E-state index contributed by atoms with van der Waals surface area (Å²) in [5.74, 6) is -0.724. The van der Waals surface area contributed by atoms with E-state index in [-0.39, 0.29) is 0 Å². The van der Waals surface area contributed by atoms with Gasteiger partial charge in [-0.3, -0.25) is 4.79 Å². The first-order chi connectivity index (χ1) is 9.99. The molecule has 3 nitrogen and oxygen atoms in total. The van der Waals surface area contributed by atoms with Crippen LogP contribution < -0.4 is 4.74 Å². The summed E-state index contributed by atoms with van der Waals surface area (Å²) in [6.45, 7) is 5.97. The van der Waals surface area contributed by atoms with Crippen LogP contribution >= 0.6 is 0 Å². The van der Waals surface area contributed by atoms with Crippen LogP contribution in [0.25, 0.3) is 0 Å². The molecule has 0 aliphatic heterocycles. The Kier molecular flexibility index (Phi) is 4.53. The number of ketones is 1. The highest BCUT2D eigenvalue weighted by Crippen LogP contribution is 2.24. The van der Waals surface area contributed by atoms with Crippen LogP contribution in [0.5, 0.6) is 5.75 Å². The van der Waals surface area contributed by atoms with Crippen LogP contribution in [-0.2, 0) is 4.79 Å².